The van der Waals surface area contributed by atoms with Gasteiger partial charge in [-0.05, 0) is 24.3 Å². The number of carbonyl (C=O) groups is 1. The zero-order valence-corrected chi connectivity index (χ0v) is 16.2. The Morgan fingerprint density at radius 2 is 1.50 bits per heavy atom. The molecule has 0 aliphatic rings. The number of aromatic nitrogens is 2. The van der Waals surface area contributed by atoms with Crippen molar-refractivity contribution in [2.75, 3.05) is 27.9 Å². The SMILES string of the molecule is COc1cc(C(=O)c2nc3ccccc3nc2OCC(F)(F)F)cc(OC)c1OC. The van der Waals surface area contributed by atoms with E-state index in [1.54, 1.807) is 24.3 Å². The largest absolute Gasteiger partial charge is 0.493 e. The molecule has 3 aromatic rings. The predicted molar refractivity (Wildman–Crippen MR) is 101 cm³/mol. The van der Waals surface area contributed by atoms with Crippen molar-refractivity contribution in [2.24, 2.45) is 0 Å². The highest BCUT2D eigenvalue weighted by Crippen LogP contribution is 2.39. The van der Waals surface area contributed by atoms with Crippen LogP contribution in [0.2, 0.25) is 0 Å². The number of rotatable bonds is 7. The number of alkyl halides is 3. The molecule has 0 bridgehead atoms. The van der Waals surface area contributed by atoms with Crippen molar-refractivity contribution in [3.05, 3.63) is 47.7 Å². The van der Waals surface area contributed by atoms with E-state index in [2.05, 4.69) is 9.97 Å². The topological polar surface area (TPSA) is 79.8 Å². The summed E-state index contributed by atoms with van der Waals surface area (Å²) in [6.07, 6.45) is -4.61. The second kappa shape index (κ2) is 8.44. The molecule has 0 aliphatic carbocycles. The maximum Gasteiger partial charge on any atom is 0.422 e. The zero-order chi connectivity index (χ0) is 21.9. The Labute approximate surface area is 169 Å². The molecule has 30 heavy (non-hydrogen) atoms. The number of benzene rings is 2. The fourth-order valence-corrected chi connectivity index (χ4v) is 2.73. The first-order chi connectivity index (χ1) is 14.3. The molecule has 1 aromatic heterocycles. The molecule has 3 rings (SSSR count). The minimum Gasteiger partial charge on any atom is -0.493 e. The van der Waals surface area contributed by atoms with Gasteiger partial charge < -0.3 is 18.9 Å². The highest BCUT2D eigenvalue weighted by molar-refractivity contribution is 6.10. The molecule has 0 amide bonds. The average Bonchev–Trinajstić information content (AvgIpc) is 2.74. The summed E-state index contributed by atoms with van der Waals surface area (Å²) in [5.41, 5.74) is 0.293. The summed E-state index contributed by atoms with van der Waals surface area (Å²) >= 11 is 0. The number of ether oxygens (including phenoxy) is 4. The molecule has 0 spiro atoms. The van der Waals surface area contributed by atoms with Crippen molar-refractivity contribution in [2.45, 2.75) is 6.18 Å². The maximum atomic E-state index is 13.2. The van der Waals surface area contributed by atoms with Crippen molar-refractivity contribution >= 4 is 16.8 Å². The summed E-state index contributed by atoms with van der Waals surface area (Å²) in [6.45, 7) is -1.62. The number of ketones is 1. The summed E-state index contributed by atoms with van der Waals surface area (Å²) in [5.74, 6) is -0.581. The number of para-hydroxylation sites is 2. The Balaban J connectivity index is 2.13. The van der Waals surface area contributed by atoms with Gasteiger partial charge in [0.2, 0.25) is 17.4 Å². The van der Waals surface area contributed by atoms with E-state index in [1.807, 2.05) is 0 Å². The van der Waals surface area contributed by atoms with Gasteiger partial charge in [0.1, 0.15) is 0 Å². The number of carbonyl (C=O) groups excluding carboxylic acids is 1. The molecule has 0 saturated heterocycles. The molecular formula is C20H17F3N2O5. The lowest BCUT2D eigenvalue weighted by atomic mass is 10.1. The van der Waals surface area contributed by atoms with Crippen LogP contribution in [0.1, 0.15) is 16.1 Å². The van der Waals surface area contributed by atoms with E-state index >= 15 is 0 Å². The molecule has 0 saturated carbocycles. The summed E-state index contributed by atoms with van der Waals surface area (Å²) in [4.78, 5) is 21.4. The lowest BCUT2D eigenvalue weighted by Gasteiger charge is -2.15. The molecule has 1 heterocycles. The van der Waals surface area contributed by atoms with Gasteiger partial charge in [0.05, 0.1) is 32.4 Å². The van der Waals surface area contributed by atoms with Gasteiger partial charge in [-0.3, -0.25) is 4.79 Å². The number of methoxy groups -OCH3 is 3. The minimum absolute atomic E-state index is 0.0472. The third kappa shape index (κ3) is 4.37. The van der Waals surface area contributed by atoms with Crippen LogP contribution in [-0.4, -0.2) is 49.9 Å². The second-order valence-corrected chi connectivity index (χ2v) is 6.01. The van der Waals surface area contributed by atoms with Gasteiger partial charge in [-0.15, -0.1) is 0 Å². The lowest BCUT2D eigenvalue weighted by Crippen LogP contribution is -2.21. The third-order valence-electron chi connectivity index (χ3n) is 4.05. The average molecular weight is 422 g/mol. The Hall–Kier alpha value is -3.56. The number of nitrogens with zero attached hydrogens (tertiary/aromatic N) is 2. The molecule has 2 aromatic carbocycles. The predicted octanol–water partition coefficient (Wildman–Crippen LogP) is 3.83. The van der Waals surface area contributed by atoms with Crippen LogP contribution in [0.5, 0.6) is 23.1 Å². The zero-order valence-electron chi connectivity index (χ0n) is 16.2. The van der Waals surface area contributed by atoms with Crippen LogP contribution in [0, 0.1) is 0 Å². The molecule has 0 fully saturated rings. The molecule has 0 N–H and O–H groups in total. The molecule has 10 heteroatoms. The summed E-state index contributed by atoms with van der Waals surface area (Å²) in [5, 5.41) is 0. The fraction of sp³-hybridized carbons (Fsp3) is 0.250. The van der Waals surface area contributed by atoms with E-state index in [4.69, 9.17) is 18.9 Å². The Kier molecular flexibility index (Phi) is 5.95. The standard InChI is InChI=1S/C20H17F3N2O5/c1-27-14-8-11(9-15(28-2)18(14)29-3)17(26)16-19(30-10-20(21,22)23)25-13-7-5-4-6-12(13)24-16/h4-9H,10H2,1-3H3. The lowest BCUT2D eigenvalue weighted by molar-refractivity contribution is -0.154. The number of hydrogen-bond acceptors (Lipinski definition) is 7. The van der Waals surface area contributed by atoms with Gasteiger partial charge in [0.25, 0.3) is 0 Å². The van der Waals surface area contributed by atoms with Crippen molar-refractivity contribution in [1.29, 1.82) is 0 Å². The molecule has 0 unspecified atom stereocenters. The van der Waals surface area contributed by atoms with E-state index in [0.29, 0.717) is 5.52 Å². The van der Waals surface area contributed by atoms with E-state index < -0.39 is 24.4 Å². The van der Waals surface area contributed by atoms with E-state index in [1.165, 1.54) is 33.5 Å². The number of fused-ring (bicyclic) bond motifs is 1. The normalized spacial score (nSPS) is 11.3. The van der Waals surface area contributed by atoms with Crippen LogP contribution in [0.25, 0.3) is 11.0 Å². The first-order valence-corrected chi connectivity index (χ1v) is 8.58. The monoisotopic (exact) mass is 422 g/mol. The smallest absolute Gasteiger partial charge is 0.422 e. The molecule has 0 aliphatic heterocycles. The van der Waals surface area contributed by atoms with Crippen LogP contribution >= 0.6 is 0 Å². The summed E-state index contributed by atoms with van der Waals surface area (Å²) in [6, 6.07) is 9.19. The molecular weight excluding hydrogens is 405 g/mol. The molecule has 0 atom stereocenters. The maximum absolute atomic E-state index is 13.2. The van der Waals surface area contributed by atoms with E-state index in [-0.39, 0.29) is 34.0 Å². The first-order valence-electron chi connectivity index (χ1n) is 8.58. The Morgan fingerprint density at radius 3 is 2.00 bits per heavy atom. The van der Waals surface area contributed by atoms with Crippen LogP contribution in [0.4, 0.5) is 13.2 Å². The Morgan fingerprint density at radius 1 is 0.933 bits per heavy atom. The van der Waals surface area contributed by atoms with Gasteiger partial charge in [-0.2, -0.15) is 13.2 Å². The van der Waals surface area contributed by atoms with Gasteiger partial charge in [-0.25, -0.2) is 9.97 Å². The Bertz CT molecular complexity index is 1060. The third-order valence-corrected chi connectivity index (χ3v) is 4.05. The van der Waals surface area contributed by atoms with Crippen LogP contribution < -0.4 is 18.9 Å². The summed E-state index contributed by atoms with van der Waals surface area (Å²) in [7, 11) is 4.15. The van der Waals surface area contributed by atoms with Crippen LogP contribution in [0.15, 0.2) is 36.4 Å². The number of halogens is 3. The van der Waals surface area contributed by atoms with Crippen molar-refractivity contribution in [3.8, 4) is 23.1 Å². The van der Waals surface area contributed by atoms with Gasteiger partial charge in [0.15, 0.2) is 23.8 Å². The summed E-state index contributed by atoms with van der Waals surface area (Å²) < 4.78 is 58.5. The van der Waals surface area contributed by atoms with Gasteiger partial charge >= 0.3 is 6.18 Å². The van der Waals surface area contributed by atoms with Crippen molar-refractivity contribution < 1.29 is 36.9 Å². The van der Waals surface area contributed by atoms with Crippen LogP contribution in [-0.2, 0) is 0 Å². The highest BCUT2D eigenvalue weighted by Gasteiger charge is 2.31. The van der Waals surface area contributed by atoms with Crippen molar-refractivity contribution in [3.63, 3.8) is 0 Å². The molecule has 0 radical (unpaired) electrons. The second-order valence-electron chi connectivity index (χ2n) is 6.01. The fourth-order valence-electron chi connectivity index (χ4n) is 2.73. The van der Waals surface area contributed by atoms with Gasteiger partial charge in [0, 0.05) is 5.56 Å². The highest BCUT2D eigenvalue weighted by atomic mass is 19.4. The van der Waals surface area contributed by atoms with Crippen LogP contribution in [0.3, 0.4) is 0 Å². The minimum atomic E-state index is -4.61. The molecule has 158 valence electrons. The molecule has 7 nitrogen and oxygen atoms in total. The van der Waals surface area contributed by atoms with Crippen molar-refractivity contribution in [1.82, 2.24) is 9.97 Å². The number of hydrogen-bond donors (Lipinski definition) is 0. The van der Waals surface area contributed by atoms with E-state index in [9.17, 15) is 18.0 Å². The first kappa shape index (κ1) is 21.2. The quantitative estimate of drug-likeness (QED) is 0.536. The van der Waals surface area contributed by atoms with E-state index in [0.717, 1.165) is 0 Å². The van der Waals surface area contributed by atoms with Gasteiger partial charge in [-0.1, -0.05) is 12.1 Å².